The van der Waals surface area contributed by atoms with Gasteiger partial charge < -0.3 is 0 Å². The first-order valence-corrected chi connectivity index (χ1v) is 5.07. The fourth-order valence-corrected chi connectivity index (χ4v) is 1.65. The topological polar surface area (TPSA) is 38.7 Å². The molecule has 0 saturated carbocycles. The standard InChI is InChI=1S/C10H7Cl2N3/c11-8-6-9(12)15-10(14-8)5-7-1-3-13-4-2-7/h1-4,6H,5H2. The van der Waals surface area contributed by atoms with Crippen molar-refractivity contribution in [3.05, 3.63) is 52.3 Å². The van der Waals surface area contributed by atoms with E-state index >= 15 is 0 Å². The molecule has 15 heavy (non-hydrogen) atoms. The lowest BCUT2D eigenvalue weighted by atomic mass is 10.2. The first-order valence-electron chi connectivity index (χ1n) is 4.32. The van der Waals surface area contributed by atoms with Gasteiger partial charge in [0, 0.05) is 24.9 Å². The molecule has 0 aromatic carbocycles. The van der Waals surface area contributed by atoms with Gasteiger partial charge in [-0.05, 0) is 17.7 Å². The van der Waals surface area contributed by atoms with Gasteiger partial charge in [0.05, 0.1) is 0 Å². The fourth-order valence-electron chi connectivity index (χ4n) is 1.20. The molecule has 0 aliphatic rings. The van der Waals surface area contributed by atoms with Crippen molar-refractivity contribution in [1.29, 1.82) is 0 Å². The summed E-state index contributed by atoms with van der Waals surface area (Å²) < 4.78 is 0. The van der Waals surface area contributed by atoms with E-state index in [1.165, 1.54) is 6.07 Å². The lowest BCUT2D eigenvalue weighted by molar-refractivity contribution is 0.965. The number of nitrogens with zero attached hydrogens (tertiary/aromatic N) is 3. The van der Waals surface area contributed by atoms with E-state index in [1.54, 1.807) is 12.4 Å². The van der Waals surface area contributed by atoms with E-state index < -0.39 is 0 Å². The highest BCUT2D eigenvalue weighted by molar-refractivity contribution is 6.33. The van der Waals surface area contributed by atoms with E-state index in [9.17, 15) is 0 Å². The average Bonchev–Trinajstić information content (AvgIpc) is 2.17. The highest BCUT2D eigenvalue weighted by Crippen LogP contribution is 2.13. The summed E-state index contributed by atoms with van der Waals surface area (Å²) in [5.41, 5.74) is 1.07. The first-order chi connectivity index (χ1) is 7.24. The van der Waals surface area contributed by atoms with Crippen LogP contribution in [0.15, 0.2) is 30.6 Å². The van der Waals surface area contributed by atoms with Crippen LogP contribution >= 0.6 is 23.2 Å². The Morgan fingerprint density at radius 2 is 1.60 bits per heavy atom. The molecule has 76 valence electrons. The molecule has 0 amide bonds. The number of hydrogen-bond acceptors (Lipinski definition) is 3. The Bertz CT molecular complexity index is 439. The normalized spacial score (nSPS) is 10.3. The Morgan fingerprint density at radius 3 is 2.20 bits per heavy atom. The van der Waals surface area contributed by atoms with Crippen LogP contribution in [0.5, 0.6) is 0 Å². The maximum Gasteiger partial charge on any atom is 0.136 e. The lowest BCUT2D eigenvalue weighted by Gasteiger charge is -2.01. The minimum Gasteiger partial charge on any atom is -0.265 e. The van der Waals surface area contributed by atoms with Gasteiger partial charge in [0.25, 0.3) is 0 Å². The van der Waals surface area contributed by atoms with E-state index in [1.807, 2.05) is 12.1 Å². The number of rotatable bonds is 2. The molecule has 5 heteroatoms. The van der Waals surface area contributed by atoms with Crippen LogP contribution in [0.1, 0.15) is 11.4 Å². The van der Waals surface area contributed by atoms with Crippen LogP contribution in [0.3, 0.4) is 0 Å². The van der Waals surface area contributed by atoms with Gasteiger partial charge in [0.15, 0.2) is 0 Å². The summed E-state index contributed by atoms with van der Waals surface area (Å²) in [4.78, 5) is 12.1. The van der Waals surface area contributed by atoms with E-state index in [-0.39, 0.29) is 0 Å². The summed E-state index contributed by atoms with van der Waals surface area (Å²) in [6.45, 7) is 0. The van der Waals surface area contributed by atoms with Crippen molar-refractivity contribution in [2.24, 2.45) is 0 Å². The molecule has 0 bridgehead atoms. The summed E-state index contributed by atoms with van der Waals surface area (Å²) in [7, 11) is 0. The van der Waals surface area contributed by atoms with Crippen LogP contribution in [-0.4, -0.2) is 15.0 Å². The molecule has 2 rings (SSSR count). The molecule has 2 heterocycles. The summed E-state index contributed by atoms with van der Waals surface area (Å²) in [6.07, 6.45) is 4.05. The number of hydrogen-bond donors (Lipinski definition) is 0. The third-order valence-electron chi connectivity index (χ3n) is 1.82. The molecule has 0 aliphatic carbocycles. The second-order valence-electron chi connectivity index (χ2n) is 2.96. The van der Waals surface area contributed by atoms with Crippen LogP contribution < -0.4 is 0 Å². The monoisotopic (exact) mass is 239 g/mol. The van der Waals surface area contributed by atoms with Gasteiger partial charge in [-0.2, -0.15) is 0 Å². The van der Waals surface area contributed by atoms with Gasteiger partial charge in [0.2, 0.25) is 0 Å². The lowest BCUT2D eigenvalue weighted by Crippen LogP contribution is -1.97. The minimum absolute atomic E-state index is 0.360. The maximum atomic E-state index is 5.77. The Balaban J connectivity index is 2.25. The molecule has 0 atom stereocenters. The predicted molar refractivity (Wildman–Crippen MR) is 59.1 cm³/mol. The maximum absolute atomic E-state index is 5.77. The van der Waals surface area contributed by atoms with Crippen molar-refractivity contribution in [3.63, 3.8) is 0 Å². The quantitative estimate of drug-likeness (QED) is 0.757. The second kappa shape index (κ2) is 4.55. The Hall–Kier alpha value is -1.19. The van der Waals surface area contributed by atoms with Crippen molar-refractivity contribution in [2.45, 2.75) is 6.42 Å². The molecule has 0 unspecified atom stereocenters. The molecule has 2 aromatic heterocycles. The molecule has 0 radical (unpaired) electrons. The fraction of sp³-hybridized carbons (Fsp3) is 0.100. The van der Waals surface area contributed by atoms with Gasteiger partial charge in [0.1, 0.15) is 16.1 Å². The Morgan fingerprint density at radius 1 is 1.00 bits per heavy atom. The van der Waals surface area contributed by atoms with Gasteiger partial charge in [-0.15, -0.1) is 0 Å². The molecule has 0 aliphatic heterocycles. The van der Waals surface area contributed by atoms with Gasteiger partial charge in [-0.1, -0.05) is 23.2 Å². The van der Waals surface area contributed by atoms with Crippen molar-refractivity contribution < 1.29 is 0 Å². The van der Waals surface area contributed by atoms with Crippen LogP contribution in [0.25, 0.3) is 0 Å². The third kappa shape index (κ3) is 2.88. The van der Waals surface area contributed by atoms with Crippen molar-refractivity contribution in [1.82, 2.24) is 15.0 Å². The largest absolute Gasteiger partial charge is 0.265 e. The van der Waals surface area contributed by atoms with E-state index in [4.69, 9.17) is 23.2 Å². The predicted octanol–water partition coefficient (Wildman–Crippen LogP) is 2.77. The van der Waals surface area contributed by atoms with E-state index in [0.29, 0.717) is 22.6 Å². The molecule has 0 fully saturated rings. The molecule has 0 saturated heterocycles. The van der Waals surface area contributed by atoms with E-state index in [2.05, 4.69) is 15.0 Å². The molecular weight excluding hydrogens is 233 g/mol. The van der Waals surface area contributed by atoms with E-state index in [0.717, 1.165) is 5.56 Å². The summed E-state index contributed by atoms with van der Waals surface area (Å²) in [5, 5.41) is 0.720. The molecular formula is C10H7Cl2N3. The zero-order chi connectivity index (χ0) is 10.7. The van der Waals surface area contributed by atoms with Crippen LogP contribution in [0.2, 0.25) is 10.3 Å². The SMILES string of the molecule is Clc1cc(Cl)nc(Cc2ccncc2)n1. The first kappa shape index (κ1) is 10.3. The van der Waals surface area contributed by atoms with Crippen LogP contribution in [0.4, 0.5) is 0 Å². The zero-order valence-electron chi connectivity index (χ0n) is 7.69. The summed E-state index contributed by atoms with van der Waals surface area (Å²) >= 11 is 11.5. The summed E-state index contributed by atoms with van der Waals surface area (Å²) in [6, 6.07) is 5.31. The highest BCUT2D eigenvalue weighted by atomic mass is 35.5. The zero-order valence-corrected chi connectivity index (χ0v) is 9.20. The van der Waals surface area contributed by atoms with Crippen LogP contribution in [0, 0.1) is 0 Å². The van der Waals surface area contributed by atoms with Crippen molar-refractivity contribution in [3.8, 4) is 0 Å². The van der Waals surface area contributed by atoms with Crippen molar-refractivity contribution in [2.75, 3.05) is 0 Å². The van der Waals surface area contributed by atoms with Crippen molar-refractivity contribution >= 4 is 23.2 Å². The molecule has 0 N–H and O–H groups in total. The number of aromatic nitrogens is 3. The van der Waals surface area contributed by atoms with Gasteiger partial charge >= 0.3 is 0 Å². The minimum atomic E-state index is 0.360. The molecule has 0 spiro atoms. The summed E-state index contributed by atoms with van der Waals surface area (Å²) in [5.74, 6) is 0.610. The number of pyridine rings is 1. The van der Waals surface area contributed by atoms with Crippen LogP contribution in [-0.2, 0) is 6.42 Å². The van der Waals surface area contributed by atoms with Gasteiger partial charge in [-0.3, -0.25) is 4.98 Å². The average molecular weight is 240 g/mol. The third-order valence-corrected chi connectivity index (χ3v) is 2.21. The molecule has 2 aromatic rings. The second-order valence-corrected chi connectivity index (χ2v) is 3.74. The number of halogens is 2. The Kier molecular flexibility index (Phi) is 3.14. The molecule has 3 nitrogen and oxygen atoms in total. The van der Waals surface area contributed by atoms with Gasteiger partial charge in [-0.25, -0.2) is 9.97 Å². The Labute approximate surface area is 97.1 Å². The highest BCUT2D eigenvalue weighted by Gasteiger charge is 2.02. The smallest absolute Gasteiger partial charge is 0.136 e.